The second-order valence-electron chi connectivity index (χ2n) is 11.7. The molecule has 1 aliphatic heterocycles. The van der Waals surface area contributed by atoms with Gasteiger partial charge in [0.1, 0.15) is 12.4 Å². The Balaban J connectivity index is 1.29. The molecule has 9 nitrogen and oxygen atoms in total. The second kappa shape index (κ2) is 16.4. The average Bonchev–Trinajstić information content (AvgIpc) is 3.50. The van der Waals surface area contributed by atoms with Gasteiger partial charge in [0.05, 0.1) is 6.61 Å². The van der Waals surface area contributed by atoms with Crippen LogP contribution in [0.15, 0.2) is 88.1 Å². The minimum absolute atomic E-state index is 0.149. The van der Waals surface area contributed by atoms with Gasteiger partial charge in [-0.05, 0) is 101 Å². The normalized spacial score (nSPS) is 13.6. The molecule has 1 atom stereocenters. The van der Waals surface area contributed by atoms with Crippen molar-refractivity contribution in [2.75, 3.05) is 43.1 Å². The average molecular weight is 643 g/mol. The lowest BCUT2D eigenvalue weighted by Gasteiger charge is -2.27. The van der Waals surface area contributed by atoms with E-state index in [1.54, 1.807) is 24.3 Å². The third-order valence-corrected chi connectivity index (χ3v) is 8.91. The number of benzene rings is 3. The van der Waals surface area contributed by atoms with Crippen molar-refractivity contribution < 1.29 is 23.3 Å². The zero-order chi connectivity index (χ0) is 32.3. The predicted molar refractivity (Wildman–Crippen MR) is 182 cm³/mol. The summed E-state index contributed by atoms with van der Waals surface area (Å²) in [5.74, 6) is 1.68. The summed E-state index contributed by atoms with van der Waals surface area (Å²) in [6.45, 7) is 10.1. The third-order valence-electron chi connectivity index (χ3n) is 7.59. The van der Waals surface area contributed by atoms with E-state index in [0.29, 0.717) is 47.5 Å². The Morgan fingerprint density at radius 3 is 2.54 bits per heavy atom. The first-order valence-electron chi connectivity index (χ1n) is 15.8. The molecule has 1 amide bonds. The first-order chi connectivity index (χ1) is 22.4. The van der Waals surface area contributed by atoms with Crippen LogP contribution >= 0.6 is 0 Å². The molecule has 1 aliphatic rings. The molecule has 0 saturated carbocycles. The second-order valence-corrected chi connectivity index (χ2v) is 13.1. The number of unbranched alkanes of at least 4 members (excludes halogenated alkanes) is 1. The fraction of sp³-hybridized carbons (Fsp3) is 0.361. The standard InChI is InChI=1S/C36H42N4O5S/c1-4-5-18-43-19-20-44-32-11-6-27(7-12-32)28-8-15-34-30(21-28)22-29(16-17-40(34)23-26(2)3)36(41)38-31-9-13-33(14-10-31)46(42)24-35-37-25-45-39-35/h6-15,21-22,25-26H,4-5,16-20,23-24H2,1-3H3,(H,38,41). The summed E-state index contributed by atoms with van der Waals surface area (Å²) >= 11 is -1.32. The monoisotopic (exact) mass is 642 g/mol. The number of carbonyl (C=O) groups excluding carboxylic acids is 1. The fourth-order valence-electron chi connectivity index (χ4n) is 5.25. The number of anilines is 2. The first-order valence-corrected chi connectivity index (χ1v) is 17.2. The molecule has 1 unspecified atom stereocenters. The summed E-state index contributed by atoms with van der Waals surface area (Å²) < 4.78 is 28.8. The number of fused-ring (bicyclic) bond motifs is 1. The van der Waals surface area contributed by atoms with E-state index in [-0.39, 0.29) is 11.7 Å². The van der Waals surface area contributed by atoms with Crippen LogP contribution in [0, 0.1) is 5.92 Å². The van der Waals surface area contributed by atoms with Gasteiger partial charge in [0.2, 0.25) is 12.2 Å². The van der Waals surface area contributed by atoms with Crippen molar-refractivity contribution in [3.8, 4) is 16.9 Å². The maximum absolute atomic E-state index is 13.5. The van der Waals surface area contributed by atoms with E-state index >= 15 is 0 Å². The minimum atomic E-state index is -1.32. The molecule has 0 bridgehead atoms. The number of nitrogens with one attached hydrogen (secondary N) is 1. The van der Waals surface area contributed by atoms with Crippen LogP contribution in [0.25, 0.3) is 17.2 Å². The molecule has 0 spiro atoms. The van der Waals surface area contributed by atoms with Gasteiger partial charge < -0.3 is 28.8 Å². The highest BCUT2D eigenvalue weighted by molar-refractivity contribution is 7.90. The van der Waals surface area contributed by atoms with Gasteiger partial charge in [0, 0.05) is 36.6 Å². The van der Waals surface area contributed by atoms with Crippen LogP contribution in [0.4, 0.5) is 11.4 Å². The van der Waals surface area contributed by atoms with Crippen LogP contribution < -0.4 is 15.0 Å². The predicted octanol–water partition coefficient (Wildman–Crippen LogP) is 7.13. The van der Waals surface area contributed by atoms with E-state index in [2.05, 4.69) is 71.5 Å². The maximum Gasteiger partial charge on any atom is 0.251 e. The summed E-state index contributed by atoms with van der Waals surface area (Å²) in [7, 11) is 0. The van der Waals surface area contributed by atoms with Crippen molar-refractivity contribution in [1.82, 2.24) is 10.1 Å². The van der Waals surface area contributed by atoms with Gasteiger partial charge in [-0.3, -0.25) is 4.79 Å². The Labute approximate surface area is 274 Å². The van der Waals surface area contributed by atoms with Crippen molar-refractivity contribution in [2.45, 2.75) is 50.7 Å². The number of rotatable bonds is 15. The molecule has 1 N–H and O–H groups in total. The molecule has 1 aromatic heterocycles. The number of hydrogen-bond donors (Lipinski definition) is 1. The summed E-state index contributed by atoms with van der Waals surface area (Å²) in [5.41, 5.74) is 5.62. The van der Waals surface area contributed by atoms with Crippen molar-refractivity contribution >= 4 is 34.5 Å². The maximum atomic E-state index is 13.5. The minimum Gasteiger partial charge on any atom is -0.611 e. The zero-order valence-corrected chi connectivity index (χ0v) is 27.6. The van der Waals surface area contributed by atoms with E-state index in [4.69, 9.17) is 14.0 Å². The molecule has 242 valence electrons. The van der Waals surface area contributed by atoms with Crippen LogP contribution in [0.1, 0.15) is 51.4 Å². The van der Waals surface area contributed by atoms with Gasteiger partial charge in [-0.2, -0.15) is 4.98 Å². The van der Waals surface area contributed by atoms with Crippen LogP contribution in [-0.4, -0.2) is 53.5 Å². The van der Waals surface area contributed by atoms with Crippen LogP contribution in [-0.2, 0) is 26.5 Å². The Bertz CT molecular complexity index is 1570. The molecule has 3 aromatic carbocycles. The van der Waals surface area contributed by atoms with Crippen molar-refractivity contribution in [3.05, 3.63) is 90.1 Å². The molecule has 0 aliphatic carbocycles. The zero-order valence-electron chi connectivity index (χ0n) is 26.7. The molecule has 2 heterocycles. The molecule has 46 heavy (non-hydrogen) atoms. The van der Waals surface area contributed by atoms with Gasteiger partial charge in [-0.1, -0.05) is 50.5 Å². The molecular formula is C36H42N4O5S. The molecule has 0 fully saturated rings. The topological polar surface area (TPSA) is 113 Å². The third kappa shape index (κ3) is 9.22. The van der Waals surface area contributed by atoms with Gasteiger partial charge >= 0.3 is 0 Å². The Morgan fingerprint density at radius 2 is 1.83 bits per heavy atom. The van der Waals surface area contributed by atoms with Gasteiger partial charge in [-0.25, -0.2) is 0 Å². The number of amides is 1. The summed E-state index contributed by atoms with van der Waals surface area (Å²) in [5, 5.41) is 6.76. The highest BCUT2D eigenvalue weighted by Gasteiger charge is 2.21. The molecule has 10 heteroatoms. The Kier molecular flexibility index (Phi) is 11.9. The Morgan fingerprint density at radius 1 is 1.04 bits per heavy atom. The van der Waals surface area contributed by atoms with Crippen LogP contribution in [0.2, 0.25) is 0 Å². The van der Waals surface area contributed by atoms with Crippen LogP contribution in [0.3, 0.4) is 0 Å². The van der Waals surface area contributed by atoms with Crippen molar-refractivity contribution in [2.24, 2.45) is 5.92 Å². The first kappa shape index (κ1) is 33.2. The van der Waals surface area contributed by atoms with Gasteiger partial charge in [0.25, 0.3) is 5.91 Å². The number of ether oxygens (including phenoxy) is 2. The summed E-state index contributed by atoms with van der Waals surface area (Å²) in [6.07, 6.45) is 6.03. The largest absolute Gasteiger partial charge is 0.611 e. The highest BCUT2D eigenvalue weighted by atomic mass is 32.2. The number of aromatic nitrogens is 2. The number of hydrogen-bond acceptors (Lipinski definition) is 8. The summed E-state index contributed by atoms with van der Waals surface area (Å²) in [6, 6.07) is 21.6. The molecule has 5 rings (SSSR count). The molecule has 0 saturated heterocycles. The quantitative estimate of drug-likeness (QED) is 0.108. The van der Waals surface area contributed by atoms with Crippen molar-refractivity contribution in [1.29, 1.82) is 0 Å². The van der Waals surface area contributed by atoms with Crippen molar-refractivity contribution in [3.63, 3.8) is 0 Å². The van der Waals surface area contributed by atoms with E-state index in [9.17, 15) is 9.35 Å². The lowest BCUT2D eigenvalue weighted by Crippen LogP contribution is -2.29. The smallest absolute Gasteiger partial charge is 0.251 e. The summed E-state index contributed by atoms with van der Waals surface area (Å²) in [4.78, 5) is 20.5. The van der Waals surface area contributed by atoms with E-state index in [1.807, 2.05) is 18.2 Å². The lowest BCUT2D eigenvalue weighted by molar-refractivity contribution is -0.112. The van der Waals surface area contributed by atoms with E-state index < -0.39 is 11.2 Å². The molecular weight excluding hydrogens is 600 g/mol. The van der Waals surface area contributed by atoms with Crippen LogP contribution in [0.5, 0.6) is 5.75 Å². The number of nitrogens with zero attached hydrogens (tertiary/aromatic N) is 3. The number of carbonyl (C=O) groups is 1. The van der Waals surface area contributed by atoms with Gasteiger partial charge in [-0.15, -0.1) is 0 Å². The molecule has 4 aromatic rings. The van der Waals surface area contributed by atoms with E-state index in [1.165, 1.54) is 6.39 Å². The fourth-order valence-corrected chi connectivity index (χ4v) is 6.22. The van der Waals surface area contributed by atoms with Gasteiger partial charge in [0.15, 0.2) is 10.6 Å². The van der Waals surface area contributed by atoms with E-state index in [0.717, 1.165) is 60.7 Å². The highest BCUT2D eigenvalue weighted by Crippen LogP contribution is 2.34. The SMILES string of the molecule is CCCCOCCOc1ccc(-c2ccc3c(c2)C=C(C(=O)Nc2ccc([S+]([O-])Cc4ncon4)cc2)CCN3CC(C)C)cc1. The lowest BCUT2D eigenvalue weighted by atomic mass is 10.00. The molecule has 0 radical (unpaired) electrons. The Hall–Kier alpha value is -4.12.